The summed E-state index contributed by atoms with van der Waals surface area (Å²) in [6.07, 6.45) is -5.79. The maximum atomic E-state index is 12.9. The van der Waals surface area contributed by atoms with E-state index in [4.69, 9.17) is 15.0 Å². The average molecular weight is 617 g/mol. The summed E-state index contributed by atoms with van der Waals surface area (Å²) in [6, 6.07) is 12.3. The van der Waals surface area contributed by atoms with Gasteiger partial charge in [-0.05, 0) is 43.5 Å². The molecule has 0 spiro atoms. The number of rotatable bonds is 8. The van der Waals surface area contributed by atoms with Crippen LogP contribution in [0.25, 0.3) is 10.6 Å². The van der Waals surface area contributed by atoms with Crippen molar-refractivity contribution in [2.24, 2.45) is 0 Å². The van der Waals surface area contributed by atoms with Crippen LogP contribution < -0.4 is 4.72 Å². The second-order valence-electron chi connectivity index (χ2n) is 10.2. The van der Waals surface area contributed by atoms with Gasteiger partial charge in [-0.2, -0.15) is 13.2 Å². The SMILES string of the molecule is CC(C)N1CCN(Cc2cccc([C@H]3C[C@@H]3NS(=O)(=O)c3ccc(-c4cc(C(F)(F)F)on4)s3)c2)CC1.O=C(O)O. The molecule has 2 atom stereocenters. The van der Waals surface area contributed by atoms with E-state index in [9.17, 15) is 21.6 Å². The van der Waals surface area contributed by atoms with Crippen LogP contribution in [0.4, 0.5) is 18.0 Å². The fourth-order valence-electron chi connectivity index (χ4n) is 4.70. The van der Waals surface area contributed by atoms with Crippen molar-refractivity contribution in [2.75, 3.05) is 26.2 Å². The summed E-state index contributed by atoms with van der Waals surface area (Å²) in [5.41, 5.74) is 2.28. The first kappa shape index (κ1) is 31.0. The normalized spacial score (nSPS) is 20.0. The molecule has 0 radical (unpaired) electrons. The molecule has 2 fully saturated rings. The first-order valence-corrected chi connectivity index (χ1v) is 15.2. The molecule has 224 valence electrons. The Bertz CT molecular complexity index is 1440. The van der Waals surface area contributed by atoms with Crippen LogP contribution in [0.2, 0.25) is 0 Å². The van der Waals surface area contributed by atoms with E-state index in [1.54, 1.807) is 0 Å². The van der Waals surface area contributed by atoms with Crippen molar-refractivity contribution in [3.05, 3.63) is 59.4 Å². The van der Waals surface area contributed by atoms with Crippen LogP contribution >= 0.6 is 11.3 Å². The monoisotopic (exact) mass is 616 g/mol. The highest BCUT2D eigenvalue weighted by Crippen LogP contribution is 2.43. The van der Waals surface area contributed by atoms with E-state index in [0.29, 0.717) is 12.5 Å². The zero-order valence-electron chi connectivity index (χ0n) is 22.3. The summed E-state index contributed by atoms with van der Waals surface area (Å²) in [5, 5.41) is 17.4. The molecule has 3 N–H and O–H groups in total. The van der Waals surface area contributed by atoms with Crippen LogP contribution in [-0.2, 0) is 22.7 Å². The number of nitrogens with zero attached hydrogens (tertiary/aromatic N) is 3. The summed E-state index contributed by atoms with van der Waals surface area (Å²) in [6.45, 7) is 9.51. The number of hydrogen-bond acceptors (Lipinski definition) is 8. The molecule has 0 bridgehead atoms. The summed E-state index contributed by atoms with van der Waals surface area (Å²) in [5.74, 6) is -1.13. The number of hydrogen-bond donors (Lipinski definition) is 3. The van der Waals surface area contributed by atoms with Gasteiger partial charge < -0.3 is 14.7 Å². The maximum Gasteiger partial charge on any atom is 0.503 e. The van der Waals surface area contributed by atoms with Gasteiger partial charge in [0.15, 0.2) is 0 Å². The Morgan fingerprint density at radius 1 is 1.15 bits per heavy atom. The third-order valence-corrected chi connectivity index (χ3v) is 10.00. The molecule has 10 nitrogen and oxygen atoms in total. The average Bonchev–Trinajstić information content (AvgIpc) is 3.26. The smallest absolute Gasteiger partial charge is 0.450 e. The van der Waals surface area contributed by atoms with Crippen LogP contribution in [0.1, 0.15) is 43.1 Å². The van der Waals surface area contributed by atoms with Crippen LogP contribution in [0.15, 0.2) is 51.2 Å². The number of aromatic nitrogens is 1. The predicted molar refractivity (Wildman–Crippen MR) is 145 cm³/mol. The number of piperazine rings is 1. The number of carboxylic acid groups (broad SMARTS) is 2. The molecule has 41 heavy (non-hydrogen) atoms. The van der Waals surface area contributed by atoms with Crippen LogP contribution in [-0.4, -0.2) is 78.0 Å². The molecule has 1 saturated heterocycles. The van der Waals surface area contributed by atoms with Gasteiger partial charge >= 0.3 is 12.3 Å². The van der Waals surface area contributed by atoms with Gasteiger partial charge in [-0.1, -0.05) is 29.4 Å². The van der Waals surface area contributed by atoms with Gasteiger partial charge in [0.05, 0.1) is 4.88 Å². The number of nitrogens with one attached hydrogen (secondary N) is 1. The number of thiophene rings is 1. The number of carbonyl (C=O) groups is 1. The standard InChI is InChI=1S/C25H29F3N4O3S2.CH2O3/c1-16(2)32-10-8-31(9-11-32)15-17-4-3-5-18(12-17)19-13-20(19)30-37(33,34)24-7-6-22(36-24)21-14-23(35-29-21)25(26,27)28;2-1(3)4/h3-7,12,14,16,19-20,30H,8-11,13,15H2,1-2H3;(H2,2,3,4)/t19-,20+;/m1./s1. The molecule has 3 heterocycles. The fraction of sp³-hybridized carbons (Fsp3) is 0.462. The third-order valence-electron chi connectivity index (χ3n) is 6.91. The summed E-state index contributed by atoms with van der Waals surface area (Å²) >= 11 is 0.858. The van der Waals surface area contributed by atoms with Crippen molar-refractivity contribution in [1.82, 2.24) is 19.7 Å². The molecular weight excluding hydrogens is 585 g/mol. The molecule has 1 aliphatic heterocycles. The Hall–Kier alpha value is -2.98. The van der Waals surface area contributed by atoms with Gasteiger partial charge in [-0.25, -0.2) is 17.9 Å². The fourth-order valence-corrected chi connectivity index (χ4v) is 7.26. The lowest BCUT2D eigenvalue weighted by molar-refractivity contribution is -0.155. The third kappa shape index (κ3) is 8.29. The molecule has 2 aromatic heterocycles. The molecule has 3 aromatic rings. The van der Waals surface area contributed by atoms with E-state index < -0.39 is 28.1 Å². The lowest BCUT2D eigenvalue weighted by Gasteiger charge is -2.37. The minimum absolute atomic E-state index is 0.0269. The Labute approximate surface area is 239 Å². The van der Waals surface area contributed by atoms with Gasteiger partial charge in [0.1, 0.15) is 9.90 Å². The summed E-state index contributed by atoms with van der Waals surface area (Å²) < 4.78 is 71.3. The van der Waals surface area contributed by atoms with Gasteiger partial charge in [-0.3, -0.25) is 9.80 Å². The summed E-state index contributed by atoms with van der Waals surface area (Å²) in [4.78, 5) is 13.8. The number of halogens is 3. The lowest BCUT2D eigenvalue weighted by Crippen LogP contribution is -2.48. The van der Waals surface area contributed by atoms with Crippen LogP contribution in [0.3, 0.4) is 0 Å². The van der Waals surface area contributed by atoms with E-state index in [0.717, 1.165) is 55.7 Å². The predicted octanol–water partition coefficient (Wildman–Crippen LogP) is 5.00. The van der Waals surface area contributed by atoms with Gasteiger partial charge in [0.2, 0.25) is 15.8 Å². The van der Waals surface area contributed by atoms with Crippen molar-refractivity contribution in [1.29, 1.82) is 0 Å². The van der Waals surface area contributed by atoms with E-state index >= 15 is 0 Å². The highest BCUT2D eigenvalue weighted by atomic mass is 32.2. The number of alkyl halides is 3. The van der Waals surface area contributed by atoms with E-state index in [-0.39, 0.29) is 26.7 Å². The molecule has 2 aliphatic rings. The quantitative estimate of drug-likeness (QED) is 0.319. The van der Waals surface area contributed by atoms with E-state index in [1.807, 2.05) is 12.1 Å². The second kappa shape index (κ2) is 12.5. The molecular formula is C26H31F3N4O6S2. The van der Waals surface area contributed by atoms with Crippen molar-refractivity contribution in [2.45, 2.75) is 55.2 Å². The second-order valence-corrected chi connectivity index (χ2v) is 13.2. The lowest BCUT2D eigenvalue weighted by atomic mass is 10.1. The first-order chi connectivity index (χ1) is 19.2. The van der Waals surface area contributed by atoms with Crippen molar-refractivity contribution >= 4 is 27.5 Å². The topological polar surface area (TPSA) is 136 Å². The molecule has 1 aliphatic carbocycles. The molecule has 1 saturated carbocycles. The largest absolute Gasteiger partial charge is 0.503 e. The van der Waals surface area contributed by atoms with Crippen molar-refractivity contribution in [3.63, 3.8) is 0 Å². The zero-order valence-corrected chi connectivity index (χ0v) is 24.0. The highest BCUT2D eigenvalue weighted by Gasteiger charge is 2.42. The Balaban J connectivity index is 0.000000909. The van der Waals surface area contributed by atoms with E-state index in [1.165, 1.54) is 17.7 Å². The maximum absolute atomic E-state index is 12.9. The minimum atomic E-state index is -4.65. The van der Waals surface area contributed by atoms with Gasteiger partial charge in [-0.15, -0.1) is 11.3 Å². The molecule has 5 rings (SSSR count). The number of sulfonamides is 1. The van der Waals surface area contributed by atoms with Gasteiger partial charge in [0.25, 0.3) is 0 Å². The first-order valence-electron chi connectivity index (χ1n) is 12.9. The van der Waals surface area contributed by atoms with Crippen LogP contribution in [0, 0.1) is 0 Å². The minimum Gasteiger partial charge on any atom is -0.450 e. The van der Waals surface area contributed by atoms with Crippen molar-refractivity contribution in [3.8, 4) is 10.6 Å². The van der Waals surface area contributed by atoms with Crippen molar-refractivity contribution < 1.29 is 41.1 Å². The molecule has 0 unspecified atom stereocenters. The Morgan fingerprint density at radius 3 is 2.44 bits per heavy atom. The molecule has 1 aromatic carbocycles. The Morgan fingerprint density at radius 2 is 1.83 bits per heavy atom. The van der Waals surface area contributed by atoms with Crippen LogP contribution in [0.5, 0.6) is 0 Å². The summed E-state index contributed by atoms with van der Waals surface area (Å²) in [7, 11) is -3.82. The van der Waals surface area contributed by atoms with E-state index in [2.05, 4.69) is 50.2 Å². The number of benzene rings is 1. The zero-order chi connectivity index (χ0) is 29.9. The highest BCUT2D eigenvalue weighted by molar-refractivity contribution is 7.91. The molecule has 15 heteroatoms. The molecule has 0 amide bonds. The van der Waals surface area contributed by atoms with Gasteiger partial charge in [0, 0.05) is 56.8 Å². The Kier molecular flexibility index (Phi) is 9.43.